The SMILES string of the molecule is O=C(CC1CCOC1)C1CC2CCC1O2. The monoisotopic (exact) mass is 210 g/mol. The van der Waals surface area contributed by atoms with Crippen molar-refractivity contribution in [2.24, 2.45) is 11.8 Å². The molecule has 0 aromatic carbocycles. The molecule has 15 heavy (non-hydrogen) atoms. The maximum absolute atomic E-state index is 12.1. The van der Waals surface area contributed by atoms with Crippen LogP contribution in [-0.4, -0.2) is 31.2 Å². The molecule has 0 aromatic rings. The molecule has 3 fully saturated rings. The highest BCUT2D eigenvalue weighted by Gasteiger charge is 2.44. The Hall–Kier alpha value is -0.410. The molecule has 3 heterocycles. The zero-order valence-electron chi connectivity index (χ0n) is 8.98. The van der Waals surface area contributed by atoms with Gasteiger partial charge in [-0.2, -0.15) is 0 Å². The lowest BCUT2D eigenvalue weighted by Gasteiger charge is -2.18. The summed E-state index contributed by atoms with van der Waals surface area (Å²) in [7, 11) is 0. The summed E-state index contributed by atoms with van der Waals surface area (Å²) in [5.41, 5.74) is 0. The van der Waals surface area contributed by atoms with Crippen molar-refractivity contribution >= 4 is 5.78 Å². The summed E-state index contributed by atoms with van der Waals surface area (Å²) in [6.07, 6.45) is 5.68. The van der Waals surface area contributed by atoms with Crippen LogP contribution < -0.4 is 0 Å². The van der Waals surface area contributed by atoms with Crippen LogP contribution in [-0.2, 0) is 14.3 Å². The van der Waals surface area contributed by atoms with Crippen LogP contribution in [0, 0.1) is 11.8 Å². The summed E-state index contributed by atoms with van der Waals surface area (Å²) in [6.45, 7) is 1.62. The first-order chi connectivity index (χ1) is 7.33. The van der Waals surface area contributed by atoms with Gasteiger partial charge >= 0.3 is 0 Å². The lowest BCUT2D eigenvalue weighted by atomic mass is 9.83. The van der Waals surface area contributed by atoms with Crippen molar-refractivity contribution in [3.8, 4) is 0 Å². The number of Topliss-reactive ketones (excluding diaryl/α,β-unsaturated/α-hetero) is 1. The number of rotatable bonds is 3. The Morgan fingerprint density at radius 1 is 1.27 bits per heavy atom. The molecule has 3 rings (SSSR count). The van der Waals surface area contributed by atoms with E-state index in [1.165, 1.54) is 6.42 Å². The topological polar surface area (TPSA) is 35.5 Å². The molecule has 84 valence electrons. The highest BCUT2D eigenvalue weighted by Crippen LogP contribution is 2.40. The minimum absolute atomic E-state index is 0.212. The van der Waals surface area contributed by atoms with Crippen molar-refractivity contribution in [1.82, 2.24) is 0 Å². The van der Waals surface area contributed by atoms with Crippen LogP contribution in [0.5, 0.6) is 0 Å². The van der Waals surface area contributed by atoms with Crippen molar-refractivity contribution in [2.75, 3.05) is 13.2 Å². The average molecular weight is 210 g/mol. The van der Waals surface area contributed by atoms with Crippen molar-refractivity contribution in [3.63, 3.8) is 0 Å². The number of ether oxygens (including phenoxy) is 2. The van der Waals surface area contributed by atoms with Gasteiger partial charge in [0.1, 0.15) is 5.78 Å². The normalized spacial score (nSPS) is 43.7. The molecular formula is C12H18O3. The Morgan fingerprint density at radius 2 is 2.20 bits per heavy atom. The smallest absolute Gasteiger partial charge is 0.139 e. The van der Waals surface area contributed by atoms with Crippen LogP contribution in [0.2, 0.25) is 0 Å². The van der Waals surface area contributed by atoms with Crippen LogP contribution in [0.15, 0.2) is 0 Å². The Labute approximate surface area is 90.1 Å². The van der Waals surface area contributed by atoms with Gasteiger partial charge in [0.15, 0.2) is 0 Å². The van der Waals surface area contributed by atoms with Crippen molar-refractivity contribution < 1.29 is 14.3 Å². The molecule has 0 spiro atoms. The molecule has 3 heteroatoms. The molecule has 3 aliphatic rings. The molecule has 0 amide bonds. The first kappa shape index (κ1) is 9.79. The number of carbonyl (C=O) groups is 1. The summed E-state index contributed by atoms with van der Waals surface area (Å²) in [5.74, 6) is 1.12. The molecule has 0 N–H and O–H groups in total. The van der Waals surface area contributed by atoms with Gasteiger partial charge in [-0.05, 0) is 31.6 Å². The molecule has 3 saturated heterocycles. The summed E-state index contributed by atoms with van der Waals surface area (Å²) in [4.78, 5) is 12.1. The van der Waals surface area contributed by atoms with Gasteiger partial charge in [-0.15, -0.1) is 0 Å². The Morgan fingerprint density at radius 3 is 2.80 bits per heavy atom. The van der Waals surface area contributed by atoms with E-state index in [9.17, 15) is 4.79 Å². The van der Waals surface area contributed by atoms with Gasteiger partial charge in [-0.1, -0.05) is 0 Å². The van der Waals surface area contributed by atoms with Crippen molar-refractivity contribution in [3.05, 3.63) is 0 Å². The predicted octanol–water partition coefficient (Wildman–Crippen LogP) is 1.55. The van der Waals surface area contributed by atoms with Crippen molar-refractivity contribution in [2.45, 2.75) is 44.3 Å². The minimum Gasteiger partial charge on any atom is -0.381 e. The van der Waals surface area contributed by atoms with Crippen LogP contribution in [0.1, 0.15) is 32.1 Å². The fraction of sp³-hybridized carbons (Fsp3) is 0.917. The third kappa shape index (κ3) is 1.83. The molecule has 4 atom stereocenters. The molecule has 0 aliphatic carbocycles. The van der Waals surface area contributed by atoms with Gasteiger partial charge in [-0.25, -0.2) is 0 Å². The quantitative estimate of drug-likeness (QED) is 0.709. The number of carbonyl (C=O) groups excluding carboxylic acids is 1. The Bertz CT molecular complexity index is 258. The molecule has 3 nitrogen and oxygen atoms in total. The zero-order chi connectivity index (χ0) is 10.3. The Kier molecular flexibility index (Phi) is 2.53. The molecule has 3 aliphatic heterocycles. The molecule has 4 unspecified atom stereocenters. The highest BCUT2D eigenvalue weighted by atomic mass is 16.5. The minimum atomic E-state index is 0.212. The molecular weight excluding hydrogens is 192 g/mol. The summed E-state index contributed by atoms with van der Waals surface area (Å²) in [5, 5.41) is 0. The van der Waals surface area contributed by atoms with Gasteiger partial charge in [0.05, 0.1) is 12.2 Å². The van der Waals surface area contributed by atoms with Gasteiger partial charge in [0.25, 0.3) is 0 Å². The van der Waals surface area contributed by atoms with E-state index in [2.05, 4.69) is 0 Å². The standard InChI is InChI=1S/C12H18O3/c13-11(5-8-3-4-14-7-8)10-6-9-1-2-12(10)15-9/h8-10,12H,1-7H2. The van der Waals surface area contributed by atoms with Crippen LogP contribution in [0.4, 0.5) is 0 Å². The van der Waals surface area contributed by atoms with Gasteiger partial charge < -0.3 is 9.47 Å². The third-order valence-corrected chi connectivity index (χ3v) is 4.03. The van der Waals surface area contributed by atoms with Gasteiger partial charge in [-0.3, -0.25) is 4.79 Å². The maximum atomic E-state index is 12.1. The summed E-state index contributed by atoms with van der Waals surface area (Å²) < 4.78 is 11.0. The van der Waals surface area contributed by atoms with Gasteiger partial charge in [0, 0.05) is 25.6 Å². The highest BCUT2D eigenvalue weighted by molar-refractivity contribution is 5.82. The number of hydrogen-bond donors (Lipinski definition) is 0. The fourth-order valence-electron chi connectivity index (χ4n) is 3.16. The Balaban J connectivity index is 1.56. The van der Waals surface area contributed by atoms with E-state index in [0.29, 0.717) is 17.8 Å². The summed E-state index contributed by atoms with van der Waals surface area (Å²) in [6, 6.07) is 0. The van der Waals surface area contributed by atoms with E-state index in [4.69, 9.17) is 9.47 Å². The van der Waals surface area contributed by atoms with E-state index >= 15 is 0 Å². The van der Waals surface area contributed by atoms with E-state index in [0.717, 1.165) is 38.9 Å². The van der Waals surface area contributed by atoms with Gasteiger partial charge in [0.2, 0.25) is 0 Å². The molecule has 0 aromatic heterocycles. The summed E-state index contributed by atoms with van der Waals surface area (Å²) >= 11 is 0. The lowest BCUT2D eigenvalue weighted by Crippen LogP contribution is -2.27. The number of hydrogen-bond acceptors (Lipinski definition) is 3. The first-order valence-corrected chi connectivity index (χ1v) is 6.09. The zero-order valence-corrected chi connectivity index (χ0v) is 8.98. The second kappa shape index (κ2) is 3.87. The average Bonchev–Trinajstić information content (AvgIpc) is 2.93. The number of ketones is 1. The molecule has 0 radical (unpaired) electrons. The lowest BCUT2D eigenvalue weighted by molar-refractivity contribution is -0.125. The number of fused-ring (bicyclic) bond motifs is 2. The van der Waals surface area contributed by atoms with E-state index in [1.54, 1.807) is 0 Å². The van der Waals surface area contributed by atoms with E-state index < -0.39 is 0 Å². The first-order valence-electron chi connectivity index (χ1n) is 6.09. The van der Waals surface area contributed by atoms with Crippen LogP contribution in [0.3, 0.4) is 0 Å². The third-order valence-electron chi connectivity index (χ3n) is 4.03. The predicted molar refractivity (Wildman–Crippen MR) is 54.6 cm³/mol. The molecule has 2 bridgehead atoms. The fourth-order valence-corrected chi connectivity index (χ4v) is 3.16. The maximum Gasteiger partial charge on any atom is 0.139 e. The van der Waals surface area contributed by atoms with E-state index in [-0.39, 0.29) is 12.0 Å². The van der Waals surface area contributed by atoms with Crippen LogP contribution in [0.25, 0.3) is 0 Å². The van der Waals surface area contributed by atoms with Crippen molar-refractivity contribution in [1.29, 1.82) is 0 Å². The van der Waals surface area contributed by atoms with E-state index in [1.807, 2.05) is 0 Å². The second-order valence-electron chi connectivity index (χ2n) is 5.12. The second-order valence-corrected chi connectivity index (χ2v) is 5.12. The molecule has 0 saturated carbocycles. The van der Waals surface area contributed by atoms with Crippen LogP contribution >= 0.6 is 0 Å². The largest absolute Gasteiger partial charge is 0.381 e.